The molecule has 0 unspecified atom stereocenters. The quantitative estimate of drug-likeness (QED) is 0.837. The highest BCUT2D eigenvalue weighted by Gasteiger charge is 2.39. The van der Waals surface area contributed by atoms with E-state index in [1.807, 2.05) is 0 Å². The first-order chi connectivity index (χ1) is 10.8. The molecule has 1 aliphatic rings. The van der Waals surface area contributed by atoms with Gasteiger partial charge in [0.1, 0.15) is 5.03 Å². The number of thiophene rings is 1. The average molecular weight is 369 g/mol. The van der Waals surface area contributed by atoms with E-state index >= 15 is 0 Å². The van der Waals surface area contributed by atoms with Crippen LogP contribution < -0.4 is 10.0 Å². The number of rotatable bonds is 3. The first-order valence-electron chi connectivity index (χ1n) is 6.26. The van der Waals surface area contributed by atoms with Crippen LogP contribution in [0.2, 0.25) is 0 Å². The molecule has 118 valence electrons. The lowest BCUT2D eigenvalue weighted by molar-refractivity contribution is -0.119. The molecule has 0 saturated carbocycles. The maximum Gasteiger partial charge on any atom is 0.277 e. The summed E-state index contributed by atoms with van der Waals surface area (Å²) in [7, 11) is -3.85. The number of hydrogen-bond donors (Lipinski definition) is 1. The van der Waals surface area contributed by atoms with Gasteiger partial charge in [-0.15, -0.1) is 11.3 Å². The van der Waals surface area contributed by atoms with Crippen molar-refractivity contribution in [2.45, 2.75) is 4.90 Å². The SMILES string of the molecule is NS(=O)(=O)c1ccc(N2C(=O)C(Cl)=C(c3cccs3)C2=O)cc1. The van der Waals surface area contributed by atoms with Crippen molar-refractivity contribution >= 4 is 56.0 Å². The van der Waals surface area contributed by atoms with Crippen molar-refractivity contribution in [2.24, 2.45) is 5.14 Å². The van der Waals surface area contributed by atoms with Crippen LogP contribution in [0.5, 0.6) is 0 Å². The fourth-order valence-corrected chi connectivity index (χ4v) is 3.76. The second kappa shape index (κ2) is 5.57. The molecule has 1 aromatic heterocycles. The minimum atomic E-state index is -3.85. The molecule has 0 fully saturated rings. The minimum absolute atomic E-state index is 0.113. The highest BCUT2D eigenvalue weighted by molar-refractivity contribution is 7.89. The zero-order valence-electron chi connectivity index (χ0n) is 11.4. The summed E-state index contributed by atoms with van der Waals surface area (Å²) in [4.78, 5) is 26.2. The first-order valence-corrected chi connectivity index (χ1v) is 9.06. The second-order valence-electron chi connectivity index (χ2n) is 4.65. The zero-order valence-corrected chi connectivity index (χ0v) is 13.8. The Bertz CT molecular complexity index is 932. The predicted molar refractivity (Wildman–Crippen MR) is 87.4 cm³/mol. The smallest absolute Gasteiger partial charge is 0.268 e. The average Bonchev–Trinajstić information content (AvgIpc) is 3.07. The van der Waals surface area contributed by atoms with Crippen LogP contribution in [0.4, 0.5) is 5.69 Å². The molecule has 0 spiro atoms. The van der Waals surface area contributed by atoms with E-state index in [4.69, 9.17) is 16.7 Å². The lowest BCUT2D eigenvalue weighted by atomic mass is 10.2. The Morgan fingerprint density at radius 1 is 1.04 bits per heavy atom. The van der Waals surface area contributed by atoms with Gasteiger partial charge >= 0.3 is 0 Å². The Kier molecular flexibility index (Phi) is 3.85. The normalized spacial score (nSPS) is 15.7. The van der Waals surface area contributed by atoms with Crippen LogP contribution in [0, 0.1) is 0 Å². The molecule has 2 amide bonds. The van der Waals surface area contributed by atoms with Crippen molar-refractivity contribution in [1.29, 1.82) is 0 Å². The lowest BCUT2D eigenvalue weighted by Crippen LogP contribution is -2.31. The Labute approximate surface area is 140 Å². The number of amides is 2. The van der Waals surface area contributed by atoms with Gasteiger partial charge in [0.05, 0.1) is 16.2 Å². The number of sulfonamides is 1. The van der Waals surface area contributed by atoms with Gasteiger partial charge in [-0.1, -0.05) is 17.7 Å². The number of nitrogens with two attached hydrogens (primary N) is 1. The van der Waals surface area contributed by atoms with Gasteiger partial charge in [0.2, 0.25) is 10.0 Å². The first kappa shape index (κ1) is 15.9. The summed E-state index contributed by atoms with van der Waals surface area (Å²) < 4.78 is 22.5. The summed E-state index contributed by atoms with van der Waals surface area (Å²) in [5.74, 6) is -1.20. The van der Waals surface area contributed by atoms with Crippen LogP contribution in [-0.4, -0.2) is 20.2 Å². The van der Waals surface area contributed by atoms with E-state index in [1.165, 1.54) is 35.6 Å². The van der Waals surface area contributed by atoms with E-state index in [9.17, 15) is 18.0 Å². The summed E-state index contributed by atoms with van der Waals surface area (Å²) in [6.07, 6.45) is 0. The van der Waals surface area contributed by atoms with Crippen molar-refractivity contribution in [3.8, 4) is 0 Å². The van der Waals surface area contributed by atoms with Crippen LogP contribution in [0.1, 0.15) is 4.88 Å². The van der Waals surface area contributed by atoms with Gasteiger partial charge in [0.15, 0.2) is 0 Å². The van der Waals surface area contributed by atoms with Crippen molar-refractivity contribution < 1.29 is 18.0 Å². The van der Waals surface area contributed by atoms with Crippen molar-refractivity contribution in [2.75, 3.05) is 4.90 Å². The molecule has 0 saturated heterocycles. The maximum absolute atomic E-state index is 12.5. The third-order valence-corrected chi connectivity index (χ3v) is 5.39. The molecule has 3 rings (SSSR count). The second-order valence-corrected chi connectivity index (χ2v) is 7.54. The van der Waals surface area contributed by atoms with Gasteiger partial charge in [-0.3, -0.25) is 9.59 Å². The van der Waals surface area contributed by atoms with Crippen LogP contribution in [0.25, 0.3) is 5.57 Å². The fourth-order valence-electron chi connectivity index (χ4n) is 2.16. The molecule has 6 nitrogen and oxygen atoms in total. The van der Waals surface area contributed by atoms with Gasteiger partial charge in [0.25, 0.3) is 11.8 Å². The number of carbonyl (C=O) groups excluding carboxylic acids is 2. The fraction of sp³-hybridized carbons (Fsp3) is 0. The Hall–Kier alpha value is -2.00. The Balaban J connectivity index is 2.00. The topological polar surface area (TPSA) is 97.5 Å². The highest BCUT2D eigenvalue weighted by atomic mass is 35.5. The molecule has 2 aromatic rings. The molecule has 9 heteroatoms. The summed E-state index contributed by atoms with van der Waals surface area (Å²) in [5.41, 5.74) is 0.360. The van der Waals surface area contributed by atoms with Crippen LogP contribution in [-0.2, 0) is 19.6 Å². The summed E-state index contributed by atoms with van der Waals surface area (Å²) >= 11 is 7.32. The molecular weight excluding hydrogens is 360 g/mol. The lowest BCUT2D eigenvalue weighted by Gasteiger charge is -2.14. The van der Waals surface area contributed by atoms with E-state index in [0.717, 1.165) is 4.90 Å². The van der Waals surface area contributed by atoms with Gasteiger partial charge in [0, 0.05) is 4.88 Å². The number of imide groups is 1. The number of anilines is 1. The monoisotopic (exact) mass is 368 g/mol. The van der Waals surface area contributed by atoms with Crippen LogP contribution >= 0.6 is 22.9 Å². The number of benzene rings is 1. The van der Waals surface area contributed by atoms with Gasteiger partial charge in [-0.05, 0) is 35.7 Å². The number of carbonyl (C=O) groups is 2. The molecule has 2 N–H and O–H groups in total. The van der Waals surface area contributed by atoms with E-state index in [-0.39, 0.29) is 21.2 Å². The van der Waals surface area contributed by atoms with Gasteiger partial charge in [-0.2, -0.15) is 0 Å². The summed E-state index contributed by atoms with van der Waals surface area (Å²) in [6.45, 7) is 0. The summed E-state index contributed by atoms with van der Waals surface area (Å²) in [5, 5.41) is 6.63. The molecular formula is C14H9ClN2O4S2. The standard InChI is InChI=1S/C14H9ClN2O4S2/c15-12-11(10-2-1-7-22-10)13(18)17(14(12)19)8-3-5-9(6-4-8)23(16,20)21/h1-7H,(H2,16,20,21). The zero-order chi connectivity index (χ0) is 16.8. The number of primary sulfonamides is 1. The van der Waals surface area contributed by atoms with Gasteiger partial charge in [-0.25, -0.2) is 18.5 Å². The molecule has 0 bridgehead atoms. The highest BCUT2D eigenvalue weighted by Crippen LogP contribution is 2.36. The molecule has 0 radical (unpaired) electrons. The van der Waals surface area contributed by atoms with Crippen molar-refractivity contribution in [3.05, 3.63) is 51.7 Å². The molecule has 23 heavy (non-hydrogen) atoms. The molecule has 2 heterocycles. The van der Waals surface area contributed by atoms with Crippen LogP contribution in [0.3, 0.4) is 0 Å². The number of halogens is 1. The number of nitrogens with zero attached hydrogens (tertiary/aromatic N) is 1. The largest absolute Gasteiger partial charge is 0.277 e. The predicted octanol–water partition coefficient (Wildman–Crippen LogP) is 1.92. The molecule has 1 aromatic carbocycles. The maximum atomic E-state index is 12.5. The van der Waals surface area contributed by atoms with Crippen LogP contribution in [0.15, 0.2) is 51.7 Å². The molecule has 1 aliphatic heterocycles. The van der Waals surface area contributed by atoms with Crippen molar-refractivity contribution in [1.82, 2.24) is 0 Å². The van der Waals surface area contributed by atoms with E-state index in [0.29, 0.717) is 4.88 Å². The summed E-state index contributed by atoms with van der Waals surface area (Å²) in [6, 6.07) is 8.55. The van der Waals surface area contributed by atoms with Crippen molar-refractivity contribution in [3.63, 3.8) is 0 Å². The molecule has 0 aliphatic carbocycles. The Morgan fingerprint density at radius 2 is 1.70 bits per heavy atom. The van der Waals surface area contributed by atoms with E-state index < -0.39 is 21.8 Å². The van der Waals surface area contributed by atoms with Gasteiger partial charge < -0.3 is 0 Å². The minimum Gasteiger partial charge on any atom is -0.268 e. The molecule has 0 atom stereocenters. The third kappa shape index (κ3) is 2.70. The van der Waals surface area contributed by atoms with E-state index in [2.05, 4.69) is 0 Å². The Morgan fingerprint density at radius 3 is 2.22 bits per heavy atom. The third-order valence-electron chi connectivity index (χ3n) is 3.22. The number of hydrogen-bond acceptors (Lipinski definition) is 5. The van der Waals surface area contributed by atoms with E-state index in [1.54, 1.807) is 17.5 Å².